The largest absolute Gasteiger partial charge is 0.210 e. The zero-order chi connectivity index (χ0) is 18.0. The van der Waals surface area contributed by atoms with Crippen molar-refractivity contribution in [1.82, 2.24) is 0 Å². The van der Waals surface area contributed by atoms with Crippen molar-refractivity contribution in [2.24, 2.45) is 5.92 Å². The van der Waals surface area contributed by atoms with Crippen LogP contribution >= 0.6 is 23.2 Å². The third kappa shape index (κ3) is 7.19. The lowest BCUT2D eigenvalue weighted by molar-refractivity contribution is 0.391. The van der Waals surface area contributed by atoms with Gasteiger partial charge in [-0.25, -0.2) is 23.2 Å². The first kappa shape index (κ1) is 21.3. The minimum Gasteiger partial charge on any atom is -0.210 e. The Morgan fingerprint density at radius 3 is 1.85 bits per heavy atom. The molecule has 4 unspecified atom stereocenters. The van der Waals surface area contributed by atoms with Gasteiger partial charge in [-0.05, 0) is 32.1 Å². The standard InChI is InChI=1S/C22H40B2S2/c1-2-3-10-18-11-8-13-19-17-20(14-9-12-18)24-26-22-16-7-5-4-6-15-21(22)25-23-19/h2-3,18-24H,4-17H2,1H3. The van der Waals surface area contributed by atoms with Crippen molar-refractivity contribution in [3.8, 4) is 0 Å². The van der Waals surface area contributed by atoms with E-state index in [0.29, 0.717) is 0 Å². The SMILES string of the molecule is CC=CCC1CCCC2BSC3CCCCCCC3SBC(CCC1)C2. The number of rotatable bonds is 2. The molecule has 1 aliphatic heterocycles. The maximum absolute atomic E-state index is 2.42. The molecule has 0 aromatic rings. The zero-order valence-electron chi connectivity index (χ0n) is 17.2. The van der Waals surface area contributed by atoms with Crippen molar-refractivity contribution in [3.63, 3.8) is 0 Å². The van der Waals surface area contributed by atoms with Gasteiger partial charge in [0, 0.05) is 10.5 Å². The maximum atomic E-state index is 2.42. The van der Waals surface area contributed by atoms with Gasteiger partial charge in [0.05, 0.1) is 0 Å². The molecule has 2 saturated carbocycles. The summed E-state index contributed by atoms with van der Waals surface area (Å²) in [6.07, 6.45) is 25.5. The van der Waals surface area contributed by atoms with Crippen molar-refractivity contribution < 1.29 is 0 Å². The van der Waals surface area contributed by atoms with E-state index in [2.05, 4.69) is 42.3 Å². The van der Waals surface area contributed by atoms with Gasteiger partial charge in [0.25, 0.3) is 0 Å². The minimum absolute atomic E-state index is 0.964. The van der Waals surface area contributed by atoms with Gasteiger partial charge in [0.1, 0.15) is 0 Å². The summed E-state index contributed by atoms with van der Waals surface area (Å²) in [7, 11) is 0. The van der Waals surface area contributed by atoms with Crippen molar-refractivity contribution >= 4 is 36.3 Å². The van der Waals surface area contributed by atoms with Crippen LogP contribution in [0.4, 0.5) is 0 Å². The van der Waals surface area contributed by atoms with Crippen molar-refractivity contribution in [2.75, 3.05) is 0 Å². The molecule has 0 amide bonds. The second-order valence-corrected chi connectivity index (χ2v) is 11.8. The molecule has 0 N–H and O–H groups in total. The fourth-order valence-electron chi connectivity index (χ4n) is 5.43. The third-order valence-corrected chi connectivity index (χ3v) is 10.5. The van der Waals surface area contributed by atoms with Crippen LogP contribution in [0.1, 0.15) is 96.8 Å². The van der Waals surface area contributed by atoms with Crippen LogP contribution in [0, 0.1) is 5.92 Å². The molecule has 0 radical (unpaired) electrons. The molecule has 4 heteroatoms. The van der Waals surface area contributed by atoms with Gasteiger partial charge in [0.15, 0.2) is 13.1 Å². The monoisotopic (exact) mass is 390 g/mol. The van der Waals surface area contributed by atoms with Crippen LogP contribution in [-0.2, 0) is 0 Å². The minimum atomic E-state index is 0.964. The summed E-state index contributed by atoms with van der Waals surface area (Å²) in [5.74, 6) is 2.98. The molecule has 3 rings (SSSR count). The molecule has 0 aromatic heterocycles. The number of allylic oxidation sites excluding steroid dienone is 2. The van der Waals surface area contributed by atoms with Crippen LogP contribution in [0.15, 0.2) is 12.2 Å². The Kier molecular flexibility index (Phi) is 9.99. The van der Waals surface area contributed by atoms with E-state index in [4.69, 9.17) is 0 Å². The first-order chi connectivity index (χ1) is 12.8. The van der Waals surface area contributed by atoms with Crippen molar-refractivity contribution in [1.29, 1.82) is 0 Å². The summed E-state index contributed by atoms with van der Waals surface area (Å²) in [4.78, 5) is 0. The van der Waals surface area contributed by atoms with Gasteiger partial charge < -0.3 is 0 Å². The van der Waals surface area contributed by atoms with Crippen LogP contribution in [0.2, 0.25) is 11.6 Å². The van der Waals surface area contributed by atoms with Gasteiger partial charge in [-0.2, -0.15) is 0 Å². The molecule has 3 fully saturated rings. The zero-order valence-corrected chi connectivity index (χ0v) is 18.8. The molecular weight excluding hydrogens is 350 g/mol. The molecule has 3 aliphatic rings. The predicted octanol–water partition coefficient (Wildman–Crippen LogP) is 7.16. The van der Waals surface area contributed by atoms with Crippen molar-refractivity contribution in [3.05, 3.63) is 12.2 Å². The van der Waals surface area contributed by atoms with Crippen LogP contribution in [-0.4, -0.2) is 23.6 Å². The second-order valence-electron chi connectivity index (χ2n) is 9.24. The van der Waals surface area contributed by atoms with Crippen LogP contribution in [0.25, 0.3) is 0 Å². The Hall–Kier alpha value is 0.570. The third-order valence-electron chi connectivity index (χ3n) is 7.06. The Morgan fingerprint density at radius 2 is 1.31 bits per heavy atom. The van der Waals surface area contributed by atoms with Gasteiger partial charge in [-0.15, -0.1) is 0 Å². The van der Waals surface area contributed by atoms with E-state index >= 15 is 0 Å². The topological polar surface area (TPSA) is 0 Å². The van der Waals surface area contributed by atoms with E-state index in [1.54, 1.807) is 6.42 Å². The van der Waals surface area contributed by atoms with Gasteiger partial charge in [-0.3, -0.25) is 0 Å². The average Bonchev–Trinajstić information content (AvgIpc) is 2.69. The van der Waals surface area contributed by atoms with Crippen LogP contribution in [0.5, 0.6) is 0 Å². The Bertz CT molecular complexity index is 385. The van der Waals surface area contributed by atoms with E-state index in [-0.39, 0.29) is 0 Å². The Morgan fingerprint density at radius 1 is 0.731 bits per heavy atom. The van der Waals surface area contributed by atoms with Crippen molar-refractivity contribution in [2.45, 2.75) is 119 Å². The highest BCUT2D eigenvalue weighted by molar-refractivity contribution is 8.26. The van der Waals surface area contributed by atoms with E-state index in [1.807, 2.05) is 0 Å². The molecule has 26 heavy (non-hydrogen) atoms. The maximum Gasteiger partial charge on any atom is 0.195 e. The molecular formula is C22H40B2S2. The lowest BCUT2D eigenvalue weighted by Crippen LogP contribution is -2.24. The highest BCUT2D eigenvalue weighted by atomic mass is 32.2. The highest BCUT2D eigenvalue weighted by Gasteiger charge is 2.30. The first-order valence-electron chi connectivity index (χ1n) is 11.7. The average molecular weight is 390 g/mol. The molecule has 0 spiro atoms. The summed E-state index contributed by atoms with van der Waals surface area (Å²) in [5, 5.41) is 1.93. The van der Waals surface area contributed by atoms with Crippen LogP contribution in [0.3, 0.4) is 0 Å². The summed E-state index contributed by atoms with van der Waals surface area (Å²) in [6, 6.07) is 0. The smallest absolute Gasteiger partial charge is 0.195 e. The fourth-order valence-corrected chi connectivity index (χ4v) is 8.91. The van der Waals surface area contributed by atoms with Gasteiger partial charge in [0.2, 0.25) is 0 Å². The Balaban J connectivity index is 1.61. The molecule has 4 atom stereocenters. The van der Waals surface area contributed by atoms with E-state index in [1.165, 1.54) is 96.6 Å². The van der Waals surface area contributed by atoms with Gasteiger partial charge >= 0.3 is 0 Å². The number of fused-ring (bicyclic) bond motifs is 3. The summed E-state index contributed by atoms with van der Waals surface area (Å²) in [6.45, 7) is 5.12. The van der Waals surface area contributed by atoms with E-state index in [0.717, 1.165) is 28.1 Å². The fraction of sp³-hybridized carbons (Fsp3) is 0.909. The van der Waals surface area contributed by atoms with E-state index < -0.39 is 0 Å². The van der Waals surface area contributed by atoms with Crippen LogP contribution < -0.4 is 0 Å². The Labute approximate surface area is 173 Å². The van der Waals surface area contributed by atoms with Gasteiger partial charge in [-0.1, -0.05) is 94.4 Å². The first-order valence-corrected chi connectivity index (χ1v) is 13.8. The lowest BCUT2D eigenvalue weighted by Gasteiger charge is -2.29. The molecule has 1 heterocycles. The summed E-state index contributed by atoms with van der Waals surface area (Å²) in [5.41, 5.74) is 0. The normalized spacial score (nSPS) is 37.7. The summed E-state index contributed by atoms with van der Waals surface area (Å²) < 4.78 is 0. The number of hydrogen-bond acceptors (Lipinski definition) is 2. The highest BCUT2D eigenvalue weighted by Crippen LogP contribution is 2.43. The predicted molar refractivity (Wildman–Crippen MR) is 127 cm³/mol. The second kappa shape index (κ2) is 12.2. The molecule has 2 bridgehead atoms. The molecule has 1 saturated heterocycles. The lowest BCUT2D eigenvalue weighted by atomic mass is 9.67. The molecule has 146 valence electrons. The number of hydrogen-bond donors (Lipinski definition) is 0. The molecule has 0 nitrogen and oxygen atoms in total. The van der Waals surface area contributed by atoms with E-state index in [9.17, 15) is 0 Å². The molecule has 2 aliphatic carbocycles. The summed E-state index contributed by atoms with van der Waals surface area (Å²) >= 11 is 4.79. The molecule has 0 aromatic carbocycles. The quantitative estimate of drug-likeness (QED) is 0.362.